The number of aromatic nitrogens is 5. The van der Waals surface area contributed by atoms with Gasteiger partial charge in [0.1, 0.15) is 12.4 Å². The highest BCUT2D eigenvalue weighted by molar-refractivity contribution is 5.87. The van der Waals surface area contributed by atoms with Gasteiger partial charge in [-0.15, -0.1) is 0 Å². The third kappa shape index (κ3) is 5.11. The largest absolute Gasteiger partial charge is 0.447 e. The second-order valence-electron chi connectivity index (χ2n) is 8.25. The molecule has 0 aromatic carbocycles. The Labute approximate surface area is 192 Å². The maximum atomic E-state index is 11.9. The first-order valence-corrected chi connectivity index (χ1v) is 10.9. The number of imidazole rings is 1. The van der Waals surface area contributed by atoms with Crippen LogP contribution in [0.25, 0.3) is 0 Å². The monoisotopic (exact) mass is 455 g/mol. The minimum Gasteiger partial charge on any atom is -0.447 e. The molecule has 2 atom stereocenters. The van der Waals surface area contributed by atoms with Crippen LogP contribution in [0.5, 0.6) is 0 Å². The molecule has 2 saturated heterocycles. The van der Waals surface area contributed by atoms with Gasteiger partial charge in [-0.2, -0.15) is 15.0 Å². The second-order valence-corrected chi connectivity index (χ2v) is 8.25. The Hall–Kier alpha value is -3.54. The fourth-order valence-corrected chi connectivity index (χ4v) is 4.01. The first-order chi connectivity index (χ1) is 15.8. The van der Waals surface area contributed by atoms with E-state index < -0.39 is 6.09 Å². The van der Waals surface area contributed by atoms with Gasteiger partial charge in [0.05, 0.1) is 31.3 Å². The standard InChI is InChI=1S/C21H29N9O3/c1-5-18(31)29-7-6-27(10-14(29)2)13-28-11-17(22-12-28)15(3)23-19-24-16(4)25-20(26-19)30-8-9-33-21(30)32/h5,11-12,14-15H,1,6-10,13H2,2-4H3,(H,23,24,25,26)/t14?,15-/m0/s1. The summed E-state index contributed by atoms with van der Waals surface area (Å²) in [7, 11) is 0. The normalized spacial score (nSPS) is 20.0. The van der Waals surface area contributed by atoms with Crippen LogP contribution in [-0.2, 0) is 16.2 Å². The van der Waals surface area contributed by atoms with Gasteiger partial charge in [-0.3, -0.25) is 9.69 Å². The van der Waals surface area contributed by atoms with Crippen molar-refractivity contribution in [1.29, 1.82) is 0 Å². The van der Waals surface area contributed by atoms with Crippen LogP contribution in [0, 0.1) is 6.92 Å². The molecule has 2 aromatic heterocycles. The molecule has 12 nitrogen and oxygen atoms in total. The molecule has 2 aliphatic rings. The van der Waals surface area contributed by atoms with Crippen molar-refractivity contribution in [1.82, 2.24) is 34.3 Å². The summed E-state index contributed by atoms with van der Waals surface area (Å²) in [6.45, 7) is 13.0. The van der Waals surface area contributed by atoms with Crippen LogP contribution in [0.1, 0.15) is 31.4 Å². The predicted molar refractivity (Wildman–Crippen MR) is 120 cm³/mol. The number of amides is 2. The molecule has 4 heterocycles. The highest BCUT2D eigenvalue weighted by Crippen LogP contribution is 2.19. The number of piperazine rings is 1. The number of anilines is 2. The van der Waals surface area contributed by atoms with Crippen LogP contribution in [-0.4, -0.2) is 85.1 Å². The molecule has 4 rings (SSSR count). The van der Waals surface area contributed by atoms with E-state index in [1.54, 1.807) is 13.3 Å². The van der Waals surface area contributed by atoms with Crippen molar-refractivity contribution in [2.75, 3.05) is 43.0 Å². The number of carbonyl (C=O) groups excluding carboxylic acids is 2. The first-order valence-electron chi connectivity index (χ1n) is 10.9. The third-order valence-electron chi connectivity index (χ3n) is 5.71. The van der Waals surface area contributed by atoms with Crippen LogP contribution in [0.2, 0.25) is 0 Å². The maximum absolute atomic E-state index is 11.9. The lowest BCUT2D eigenvalue weighted by molar-refractivity contribution is -0.130. The van der Waals surface area contributed by atoms with Crippen LogP contribution in [0.15, 0.2) is 25.2 Å². The molecule has 2 aliphatic heterocycles. The zero-order valence-corrected chi connectivity index (χ0v) is 19.1. The predicted octanol–water partition coefficient (Wildman–Crippen LogP) is 1.18. The molecule has 12 heteroatoms. The average molecular weight is 456 g/mol. The van der Waals surface area contributed by atoms with Crippen molar-refractivity contribution < 1.29 is 14.3 Å². The molecular formula is C21H29N9O3. The van der Waals surface area contributed by atoms with Gasteiger partial charge in [-0.05, 0) is 26.8 Å². The van der Waals surface area contributed by atoms with Crippen molar-refractivity contribution in [2.45, 2.75) is 39.5 Å². The van der Waals surface area contributed by atoms with E-state index in [9.17, 15) is 9.59 Å². The summed E-state index contributed by atoms with van der Waals surface area (Å²) in [4.78, 5) is 46.8. The average Bonchev–Trinajstić information content (AvgIpc) is 3.42. The van der Waals surface area contributed by atoms with Gasteiger partial charge in [0, 0.05) is 31.9 Å². The van der Waals surface area contributed by atoms with Gasteiger partial charge >= 0.3 is 6.09 Å². The third-order valence-corrected chi connectivity index (χ3v) is 5.71. The molecular weight excluding hydrogens is 426 g/mol. The summed E-state index contributed by atoms with van der Waals surface area (Å²) >= 11 is 0. The van der Waals surface area contributed by atoms with Gasteiger partial charge in [0.15, 0.2) is 0 Å². The number of ether oxygens (including phenoxy) is 1. The molecule has 0 aliphatic carbocycles. The Bertz CT molecular complexity index is 1040. The van der Waals surface area contributed by atoms with E-state index in [2.05, 4.69) is 36.7 Å². The molecule has 0 spiro atoms. The summed E-state index contributed by atoms with van der Waals surface area (Å²) in [6, 6.07) is -0.0330. The zero-order chi connectivity index (χ0) is 23.5. The van der Waals surface area contributed by atoms with E-state index in [0.29, 0.717) is 38.1 Å². The molecule has 2 fully saturated rings. The van der Waals surface area contributed by atoms with E-state index in [0.717, 1.165) is 18.8 Å². The molecule has 33 heavy (non-hydrogen) atoms. The van der Waals surface area contributed by atoms with Crippen molar-refractivity contribution >= 4 is 23.9 Å². The van der Waals surface area contributed by atoms with E-state index in [-0.39, 0.29) is 23.9 Å². The number of carbonyl (C=O) groups is 2. The summed E-state index contributed by atoms with van der Waals surface area (Å²) in [5, 5.41) is 3.24. The Morgan fingerprint density at radius 2 is 2.15 bits per heavy atom. The van der Waals surface area contributed by atoms with Crippen LogP contribution < -0.4 is 10.2 Å². The number of aryl methyl sites for hydroxylation is 1. The topological polar surface area (TPSA) is 122 Å². The Morgan fingerprint density at radius 1 is 1.33 bits per heavy atom. The van der Waals surface area contributed by atoms with E-state index in [4.69, 9.17) is 4.74 Å². The highest BCUT2D eigenvalue weighted by atomic mass is 16.6. The Morgan fingerprint density at radius 3 is 2.85 bits per heavy atom. The number of hydrogen-bond donors (Lipinski definition) is 1. The minimum atomic E-state index is -0.456. The molecule has 0 bridgehead atoms. The molecule has 2 aromatic rings. The molecule has 1 unspecified atom stereocenters. The lowest BCUT2D eigenvalue weighted by Crippen LogP contribution is -2.53. The first kappa shape index (κ1) is 22.6. The van der Waals surface area contributed by atoms with Crippen molar-refractivity contribution in [3.63, 3.8) is 0 Å². The van der Waals surface area contributed by atoms with Gasteiger partial charge in [-0.25, -0.2) is 14.7 Å². The molecule has 1 N–H and O–H groups in total. The van der Waals surface area contributed by atoms with E-state index >= 15 is 0 Å². The Balaban J connectivity index is 1.37. The second kappa shape index (κ2) is 9.53. The Kier molecular flexibility index (Phi) is 6.54. The number of nitrogens with one attached hydrogen (secondary N) is 1. The van der Waals surface area contributed by atoms with Crippen LogP contribution in [0.4, 0.5) is 16.7 Å². The summed E-state index contributed by atoms with van der Waals surface area (Å²) in [5.74, 6) is 1.12. The molecule has 2 amide bonds. The maximum Gasteiger partial charge on any atom is 0.416 e. The number of cyclic esters (lactones) is 1. The summed E-state index contributed by atoms with van der Waals surface area (Å²) in [6.07, 6.45) is 4.69. The SMILES string of the molecule is C=CC(=O)N1CCN(Cn2cnc([C@H](C)Nc3nc(C)nc(N4CCOC4=O)n3)c2)CC1C. The smallest absolute Gasteiger partial charge is 0.416 e. The molecule has 0 radical (unpaired) electrons. The van der Waals surface area contributed by atoms with E-state index in [1.807, 2.05) is 29.5 Å². The van der Waals surface area contributed by atoms with Crippen molar-refractivity contribution in [3.05, 3.63) is 36.7 Å². The summed E-state index contributed by atoms with van der Waals surface area (Å²) in [5.41, 5.74) is 0.837. The summed E-state index contributed by atoms with van der Waals surface area (Å²) < 4.78 is 6.99. The minimum absolute atomic E-state index is 0.0229. The number of hydrogen-bond acceptors (Lipinski definition) is 9. The van der Waals surface area contributed by atoms with Crippen molar-refractivity contribution in [3.8, 4) is 0 Å². The lowest BCUT2D eigenvalue weighted by atomic mass is 10.2. The fourth-order valence-electron chi connectivity index (χ4n) is 4.01. The van der Waals surface area contributed by atoms with Gasteiger partial charge < -0.3 is 19.5 Å². The number of nitrogens with zero attached hydrogens (tertiary/aromatic N) is 8. The molecule has 176 valence electrons. The van der Waals surface area contributed by atoms with Gasteiger partial charge in [-0.1, -0.05) is 6.58 Å². The van der Waals surface area contributed by atoms with Crippen LogP contribution >= 0.6 is 0 Å². The molecule has 0 saturated carbocycles. The van der Waals surface area contributed by atoms with Gasteiger partial charge in [0.2, 0.25) is 17.8 Å². The zero-order valence-electron chi connectivity index (χ0n) is 19.1. The van der Waals surface area contributed by atoms with E-state index in [1.165, 1.54) is 11.0 Å². The van der Waals surface area contributed by atoms with Gasteiger partial charge in [0.25, 0.3) is 0 Å². The highest BCUT2D eigenvalue weighted by Gasteiger charge is 2.28. The number of rotatable bonds is 7. The lowest BCUT2D eigenvalue weighted by Gasteiger charge is -2.39. The fraction of sp³-hybridized carbons (Fsp3) is 0.524. The van der Waals surface area contributed by atoms with Crippen LogP contribution in [0.3, 0.4) is 0 Å². The quantitative estimate of drug-likeness (QED) is 0.613. The van der Waals surface area contributed by atoms with Crippen molar-refractivity contribution in [2.24, 2.45) is 0 Å².